The first kappa shape index (κ1) is 16.3. The average molecular weight is 286 g/mol. The number of carbonyl (C=O) groups excluding carboxylic acids is 2. The van der Waals surface area contributed by atoms with Gasteiger partial charge in [-0.3, -0.25) is 9.59 Å². The summed E-state index contributed by atoms with van der Waals surface area (Å²) in [6.07, 6.45) is 8.41. The van der Waals surface area contributed by atoms with Crippen molar-refractivity contribution in [1.82, 2.24) is 9.80 Å². The van der Waals surface area contributed by atoms with Gasteiger partial charge in [0.1, 0.15) is 0 Å². The van der Waals surface area contributed by atoms with Crippen molar-refractivity contribution >= 4 is 24.4 Å². The van der Waals surface area contributed by atoms with Gasteiger partial charge in [-0.15, -0.1) is 0 Å². The van der Waals surface area contributed by atoms with Crippen LogP contribution < -0.4 is 0 Å². The Labute approximate surface area is 121 Å². The summed E-state index contributed by atoms with van der Waals surface area (Å²) < 4.78 is 0. The maximum atomic E-state index is 11.7. The molecule has 0 aromatic rings. The molecule has 1 rings (SSSR count). The van der Waals surface area contributed by atoms with Gasteiger partial charge in [-0.05, 0) is 18.6 Å². The quantitative estimate of drug-likeness (QED) is 0.520. The maximum Gasteiger partial charge on any atom is 0.242 e. The van der Waals surface area contributed by atoms with Gasteiger partial charge in [-0.1, -0.05) is 32.1 Å². The van der Waals surface area contributed by atoms with E-state index in [2.05, 4.69) is 12.6 Å². The van der Waals surface area contributed by atoms with Gasteiger partial charge < -0.3 is 9.80 Å². The minimum Gasteiger partial charge on any atom is -0.335 e. The summed E-state index contributed by atoms with van der Waals surface area (Å²) in [6, 6.07) is 0. The van der Waals surface area contributed by atoms with E-state index in [-0.39, 0.29) is 24.9 Å². The van der Waals surface area contributed by atoms with Gasteiger partial charge in [0, 0.05) is 13.6 Å². The number of hydrogen-bond acceptors (Lipinski definition) is 3. The fourth-order valence-corrected chi connectivity index (χ4v) is 2.49. The second-order valence-corrected chi connectivity index (χ2v) is 5.71. The van der Waals surface area contributed by atoms with Crippen molar-refractivity contribution in [3.63, 3.8) is 0 Å². The van der Waals surface area contributed by atoms with Gasteiger partial charge in [-0.25, -0.2) is 0 Å². The lowest BCUT2D eigenvalue weighted by Gasteiger charge is -2.31. The molecule has 1 fully saturated rings. The molecule has 1 saturated heterocycles. The Kier molecular flexibility index (Phi) is 7.94. The monoisotopic (exact) mass is 286 g/mol. The summed E-state index contributed by atoms with van der Waals surface area (Å²) in [4.78, 5) is 26.4. The summed E-state index contributed by atoms with van der Waals surface area (Å²) >= 11 is 4.19. The number of unbranched alkanes of at least 4 members (excludes halogenated alkanes) is 6. The Hall–Kier alpha value is -0.710. The number of piperazine rings is 1. The lowest BCUT2D eigenvalue weighted by atomic mass is 10.1. The van der Waals surface area contributed by atoms with E-state index in [1.165, 1.54) is 37.0 Å². The Morgan fingerprint density at radius 2 is 1.47 bits per heavy atom. The highest BCUT2D eigenvalue weighted by atomic mass is 32.1. The van der Waals surface area contributed by atoms with Crippen LogP contribution in [0, 0.1) is 0 Å². The molecular weight excluding hydrogens is 260 g/mol. The minimum atomic E-state index is 0.0476. The Bertz CT molecular complexity index is 297. The van der Waals surface area contributed by atoms with Gasteiger partial charge >= 0.3 is 0 Å². The molecule has 110 valence electrons. The molecule has 1 heterocycles. The van der Waals surface area contributed by atoms with Crippen LogP contribution in [0.4, 0.5) is 0 Å². The summed E-state index contributed by atoms with van der Waals surface area (Å²) in [5, 5.41) is 0. The molecule has 0 aromatic heterocycles. The van der Waals surface area contributed by atoms with Crippen LogP contribution in [-0.4, -0.2) is 54.0 Å². The molecule has 0 aliphatic carbocycles. The Balaban J connectivity index is 2.03. The Morgan fingerprint density at radius 1 is 0.895 bits per heavy atom. The van der Waals surface area contributed by atoms with Crippen LogP contribution in [-0.2, 0) is 9.59 Å². The van der Waals surface area contributed by atoms with Crippen molar-refractivity contribution in [1.29, 1.82) is 0 Å². The van der Waals surface area contributed by atoms with Crippen LogP contribution in [0.25, 0.3) is 0 Å². The van der Waals surface area contributed by atoms with Gasteiger partial charge in [-0.2, -0.15) is 12.6 Å². The van der Waals surface area contributed by atoms with Crippen LogP contribution >= 0.6 is 12.6 Å². The summed E-state index contributed by atoms with van der Waals surface area (Å²) in [6.45, 7) is 1.23. The molecule has 0 radical (unpaired) electrons. The molecule has 0 atom stereocenters. The van der Waals surface area contributed by atoms with Crippen molar-refractivity contribution in [2.75, 3.05) is 32.4 Å². The van der Waals surface area contributed by atoms with Crippen LogP contribution in [0.2, 0.25) is 0 Å². The fourth-order valence-electron chi connectivity index (χ4n) is 2.27. The largest absolute Gasteiger partial charge is 0.335 e. The third kappa shape index (κ3) is 6.32. The van der Waals surface area contributed by atoms with Crippen molar-refractivity contribution in [3.05, 3.63) is 0 Å². The second-order valence-electron chi connectivity index (χ2n) is 5.26. The number of amides is 2. The van der Waals surface area contributed by atoms with Gasteiger partial charge in [0.2, 0.25) is 11.8 Å². The zero-order valence-electron chi connectivity index (χ0n) is 11.9. The zero-order chi connectivity index (χ0) is 14.1. The van der Waals surface area contributed by atoms with E-state index >= 15 is 0 Å². The molecule has 0 spiro atoms. The molecule has 1 aliphatic heterocycles. The van der Waals surface area contributed by atoms with E-state index in [0.29, 0.717) is 0 Å². The molecule has 0 N–H and O–H groups in total. The van der Waals surface area contributed by atoms with Crippen LogP contribution in [0.3, 0.4) is 0 Å². The first-order chi connectivity index (χ1) is 9.15. The van der Waals surface area contributed by atoms with Crippen molar-refractivity contribution in [3.8, 4) is 0 Å². The zero-order valence-corrected chi connectivity index (χ0v) is 12.8. The first-order valence-corrected chi connectivity index (χ1v) is 7.91. The predicted octanol–water partition coefficient (Wildman–Crippen LogP) is 1.95. The highest BCUT2D eigenvalue weighted by Gasteiger charge is 2.26. The molecule has 5 heteroatoms. The lowest BCUT2D eigenvalue weighted by Crippen LogP contribution is -2.52. The standard InChI is InChI=1S/C14H26N2O2S/c1-15-11-14(18)16(12-13(15)17)9-7-5-3-2-4-6-8-10-19/h19H,2-12H2,1H3. The maximum absolute atomic E-state index is 11.7. The van der Waals surface area contributed by atoms with E-state index in [1.807, 2.05) is 0 Å². The third-order valence-corrected chi connectivity index (χ3v) is 3.88. The molecule has 4 nitrogen and oxygen atoms in total. The molecule has 19 heavy (non-hydrogen) atoms. The third-order valence-electron chi connectivity index (χ3n) is 3.56. The second kappa shape index (κ2) is 9.23. The number of hydrogen-bond donors (Lipinski definition) is 1. The SMILES string of the molecule is CN1CC(=O)N(CCCCCCCCCS)CC1=O. The van der Waals surface area contributed by atoms with Crippen LogP contribution in [0.15, 0.2) is 0 Å². The van der Waals surface area contributed by atoms with E-state index in [4.69, 9.17) is 0 Å². The molecule has 0 saturated carbocycles. The number of likely N-dealkylation sites (N-methyl/N-ethyl adjacent to an activating group) is 1. The highest BCUT2D eigenvalue weighted by Crippen LogP contribution is 2.10. The molecule has 1 aliphatic rings. The summed E-state index contributed by atoms with van der Waals surface area (Å²) in [7, 11) is 1.68. The molecular formula is C14H26N2O2S. The smallest absolute Gasteiger partial charge is 0.242 e. The van der Waals surface area contributed by atoms with Gasteiger partial charge in [0.15, 0.2) is 0 Å². The number of rotatable bonds is 9. The number of thiol groups is 1. The van der Waals surface area contributed by atoms with E-state index in [0.717, 1.165) is 25.1 Å². The topological polar surface area (TPSA) is 40.6 Å². The molecule has 0 bridgehead atoms. The number of nitrogens with zero attached hydrogens (tertiary/aromatic N) is 2. The van der Waals surface area contributed by atoms with E-state index in [9.17, 15) is 9.59 Å². The van der Waals surface area contributed by atoms with Crippen LogP contribution in [0.5, 0.6) is 0 Å². The highest BCUT2D eigenvalue weighted by molar-refractivity contribution is 7.80. The van der Waals surface area contributed by atoms with Gasteiger partial charge in [0.05, 0.1) is 13.1 Å². The van der Waals surface area contributed by atoms with Crippen molar-refractivity contribution in [2.24, 2.45) is 0 Å². The van der Waals surface area contributed by atoms with Crippen LogP contribution in [0.1, 0.15) is 44.9 Å². The predicted molar refractivity (Wildman–Crippen MR) is 80.4 cm³/mol. The molecule has 0 unspecified atom stereocenters. The van der Waals surface area contributed by atoms with Crippen molar-refractivity contribution < 1.29 is 9.59 Å². The van der Waals surface area contributed by atoms with Crippen molar-refractivity contribution in [2.45, 2.75) is 44.9 Å². The first-order valence-electron chi connectivity index (χ1n) is 7.27. The van der Waals surface area contributed by atoms with E-state index in [1.54, 1.807) is 11.9 Å². The average Bonchev–Trinajstić information content (AvgIpc) is 2.38. The normalized spacial score (nSPS) is 16.3. The fraction of sp³-hybridized carbons (Fsp3) is 0.857. The summed E-state index contributed by atoms with van der Waals surface area (Å²) in [5.74, 6) is 1.11. The van der Waals surface area contributed by atoms with Gasteiger partial charge in [0.25, 0.3) is 0 Å². The molecule has 2 amide bonds. The summed E-state index contributed by atoms with van der Waals surface area (Å²) in [5.41, 5.74) is 0. The Morgan fingerprint density at radius 3 is 2.11 bits per heavy atom. The van der Waals surface area contributed by atoms with E-state index < -0.39 is 0 Å². The minimum absolute atomic E-state index is 0.0476. The number of carbonyl (C=O) groups is 2. The molecule has 0 aromatic carbocycles. The lowest BCUT2D eigenvalue weighted by molar-refractivity contribution is -0.148.